The average molecular weight is 388 g/mol. The van der Waals surface area contributed by atoms with E-state index >= 15 is 0 Å². The highest BCUT2D eigenvalue weighted by atomic mass is 32.2. The summed E-state index contributed by atoms with van der Waals surface area (Å²) in [6.07, 6.45) is 2.44. The predicted octanol–water partition coefficient (Wildman–Crippen LogP) is 4.87. The van der Waals surface area contributed by atoms with E-state index in [2.05, 4.69) is 28.0 Å². The van der Waals surface area contributed by atoms with Crippen molar-refractivity contribution < 1.29 is 8.42 Å². The number of aromatic nitrogens is 1. The number of anilines is 3. The first kappa shape index (κ1) is 18.4. The number of para-hydroxylation sites is 1. The number of rotatable bonds is 6. The van der Waals surface area contributed by atoms with Gasteiger partial charge in [0.25, 0.3) is 10.0 Å². The van der Waals surface area contributed by atoms with Gasteiger partial charge in [-0.25, -0.2) is 13.4 Å². The van der Waals surface area contributed by atoms with Crippen LogP contribution in [0.4, 0.5) is 17.2 Å². The molecule has 0 saturated heterocycles. The molecule has 26 heavy (non-hydrogen) atoms. The molecule has 0 aliphatic rings. The van der Waals surface area contributed by atoms with Gasteiger partial charge in [0.1, 0.15) is 10.0 Å². The van der Waals surface area contributed by atoms with Crippen LogP contribution in [0.1, 0.15) is 22.9 Å². The van der Waals surface area contributed by atoms with E-state index in [1.165, 1.54) is 23.1 Å². The van der Waals surface area contributed by atoms with E-state index in [-0.39, 0.29) is 0 Å². The van der Waals surface area contributed by atoms with Gasteiger partial charge in [-0.3, -0.25) is 4.72 Å². The Morgan fingerprint density at radius 2 is 1.88 bits per heavy atom. The molecule has 0 aliphatic heterocycles. The summed E-state index contributed by atoms with van der Waals surface area (Å²) in [4.78, 5) is 5.29. The summed E-state index contributed by atoms with van der Waals surface area (Å²) < 4.78 is 27.6. The Morgan fingerprint density at radius 3 is 2.50 bits per heavy atom. The van der Waals surface area contributed by atoms with Crippen LogP contribution in [0.25, 0.3) is 0 Å². The number of benzene rings is 1. The summed E-state index contributed by atoms with van der Waals surface area (Å²) in [6.45, 7) is 6.03. The number of pyridine rings is 1. The second kappa shape index (κ2) is 7.47. The molecule has 0 spiro atoms. The van der Waals surface area contributed by atoms with Crippen molar-refractivity contribution in [2.24, 2.45) is 0 Å². The van der Waals surface area contributed by atoms with Crippen LogP contribution in [0.15, 0.2) is 52.9 Å². The predicted molar refractivity (Wildman–Crippen MR) is 108 cm³/mol. The smallest absolute Gasteiger partial charge is 0.271 e. The molecule has 2 aromatic heterocycles. The zero-order valence-electron chi connectivity index (χ0n) is 14.9. The van der Waals surface area contributed by atoms with Crippen LogP contribution in [0, 0.1) is 13.8 Å². The van der Waals surface area contributed by atoms with Crippen LogP contribution in [0.5, 0.6) is 0 Å². The number of sulfonamides is 1. The van der Waals surface area contributed by atoms with Gasteiger partial charge in [0.2, 0.25) is 0 Å². The van der Waals surface area contributed by atoms with Gasteiger partial charge in [0, 0.05) is 10.6 Å². The highest BCUT2D eigenvalue weighted by Gasteiger charge is 2.16. The number of aryl methyl sites for hydroxylation is 3. The summed E-state index contributed by atoms with van der Waals surface area (Å²) in [5.41, 5.74) is 3.83. The number of thiophene rings is 1. The molecule has 0 atom stereocenters. The standard InChI is InChI=1S/C19H21N3O2S2/c1-4-15-7-5-6-13(2)19(15)21-17-10-9-16(12-20-17)22-26(23,24)18-11-8-14(3)25-18/h5-12,22H,4H2,1-3H3,(H,20,21). The van der Waals surface area contributed by atoms with Gasteiger partial charge >= 0.3 is 0 Å². The molecule has 0 saturated carbocycles. The Morgan fingerprint density at radius 1 is 1.08 bits per heavy atom. The van der Waals surface area contributed by atoms with Crippen LogP contribution in [0.3, 0.4) is 0 Å². The summed E-state index contributed by atoms with van der Waals surface area (Å²) in [7, 11) is -3.57. The van der Waals surface area contributed by atoms with E-state index in [4.69, 9.17) is 0 Å². The third-order valence-corrected chi connectivity index (χ3v) is 6.86. The van der Waals surface area contributed by atoms with E-state index in [9.17, 15) is 8.42 Å². The third kappa shape index (κ3) is 4.05. The van der Waals surface area contributed by atoms with Gasteiger partial charge in [-0.05, 0) is 55.7 Å². The molecule has 0 unspecified atom stereocenters. The Bertz CT molecular complexity index is 1010. The largest absolute Gasteiger partial charge is 0.340 e. The van der Waals surface area contributed by atoms with Crippen molar-refractivity contribution in [2.45, 2.75) is 31.4 Å². The quantitative estimate of drug-likeness (QED) is 0.633. The highest BCUT2D eigenvalue weighted by molar-refractivity contribution is 7.94. The minimum Gasteiger partial charge on any atom is -0.340 e. The van der Waals surface area contributed by atoms with Crippen molar-refractivity contribution in [2.75, 3.05) is 10.0 Å². The summed E-state index contributed by atoms with van der Waals surface area (Å²) in [5.74, 6) is 0.670. The molecule has 7 heteroatoms. The fourth-order valence-corrected chi connectivity index (χ4v) is 4.95. The zero-order chi connectivity index (χ0) is 18.7. The monoisotopic (exact) mass is 387 g/mol. The van der Waals surface area contributed by atoms with Crippen LogP contribution < -0.4 is 10.0 Å². The molecule has 136 valence electrons. The van der Waals surface area contributed by atoms with Crippen LogP contribution in [-0.4, -0.2) is 13.4 Å². The SMILES string of the molecule is CCc1cccc(C)c1Nc1ccc(NS(=O)(=O)c2ccc(C)s2)cn1. The average Bonchev–Trinajstić information content (AvgIpc) is 3.05. The van der Waals surface area contributed by atoms with E-state index < -0.39 is 10.0 Å². The molecular weight excluding hydrogens is 366 g/mol. The van der Waals surface area contributed by atoms with Crippen molar-refractivity contribution in [3.8, 4) is 0 Å². The van der Waals surface area contributed by atoms with Crippen LogP contribution in [0.2, 0.25) is 0 Å². The highest BCUT2D eigenvalue weighted by Crippen LogP contribution is 2.26. The van der Waals surface area contributed by atoms with E-state index in [0.717, 1.165) is 22.5 Å². The maximum absolute atomic E-state index is 12.4. The normalized spacial score (nSPS) is 11.3. The second-order valence-corrected chi connectivity index (χ2v) is 9.19. The molecule has 2 heterocycles. The Balaban J connectivity index is 1.77. The molecule has 1 aromatic carbocycles. The van der Waals surface area contributed by atoms with Gasteiger partial charge < -0.3 is 5.32 Å². The minimum atomic E-state index is -3.57. The van der Waals surface area contributed by atoms with Crippen molar-refractivity contribution >= 4 is 38.6 Å². The molecule has 3 rings (SSSR count). The fraction of sp³-hybridized carbons (Fsp3) is 0.211. The fourth-order valence-electron chi connectivity index (χ4n) is 2.62. The lowest BCUT2D eigenvalue weighted by atomic mass is 10.1. The maximum Gasteiger partial charge on any atom is 0.271 e. The molecule has 0 radical (unpaired) electrons. The lowest BCUT2D eigenvalue weighted by molar-refractivity contribution is 0.603. The Labute approximate surface area is 158 Å². The third-order valence-electron chi connectivity index (χ3n) is 3.99. The second-order valence-electron chi connectivity index (χ2n) is 5.99. The molecule has 2 N–H and O–H groups in total. The maximum atomic E-state index is 12.4. The van der Waals surface area contributed by atoms with E-state index in [1.54, 1.807) is 24.3 Å². The molecule has 3 aromatic rings. The number of hydrogen-bond acceptors (Lipinski definition) is 5. The minimum absolute atomic E-state index is 0.296. The van der Waals surface area contributed by atoms with Gasteiger partial charge in [0.15, 0.2) is 0 Å². The van der Waals surface area contributed by atoms with E-state index in [1.807, 2.05) is 26.0 Å². The summed E-state index contributed by atoms with van der Waals surface area (Å²) in [6, 6.07) is 13.0. The Hall–Kier alpha value is -2.38. The molecular formula is C19H21N3O2S2. The first-order valence-corrected chi connectivity index (χ1v) is 10.6. The number of hydrogen-bond donors (Lipinski definition) is 2. The van der Waals surface area contributed by atoms with E-state index in [0.29, 0.717) is 15.7 Å². The molecule has 0 bridgehead atoms. The summed E-state index contributed by atoms with van der Waals surface area (Å²) >= 11 is 1.24. The lowest BCUT2D eigenvalue weighted by Gasteiger charge is -2.14. The molecule has 0 amide bonds. The van der Waals surface area contributed by atoms with Gasteiger partial charge in [-0.15, -0.1) is 11.3 Å². The van der Waals surface area contributed by atoms with Gasteiger partial charge in [-0.2, -0.15) is 0 Å². The lowest BCUT2D eigenvalue weighted by Crippen LogP contribution is -2.11. The molecule has 5 nitrogen and oxygen atoms in total. The van der Waals surface area contributed by atoms with Gasteiger partial charge in [0.05, 0.1) is 11.9 Å². The van der Waals surface area contributed by atoms with Crippen molar-refractivity contribution in [3.63, 3.8) is 0 Å². The molecule has 0 aliphatic carbocycles. The molecule has 0 fully saturated rings. The van der Waals surface area contributed by atoms with Crippen molar-refractivity contribution in [3.05, 3.63) is 64.7 Å². The summed E-state index contributed by atoms with van der Waals surface area (Å²) in [5, 5.41) is 3.33. The van der Waals surface area contributed by atoms with Crippen molar-refractivity contribution in [1.82, 2.24) is 4.98 Å². The first-order valence-electron chi connectivity index (χ1n) is 8.30. The number of nitrogens with zero attached hydrogens (tertiary/aromatic N) is 1. The number of nitrogens with one attached hydrogen (secondary N) is 2. The van der Waals surface area contributed by atoms with Crippen LogP contribution >= 0.6 is 11.3 Å². The zero-order valence-corrected chi connectivity index (χ0v) is 16.5. The topological polar surface area (TPSA) is 71.1 Å². The first-order chi connectivity index (χ1) is 12.4. The Kier molecular flexibility index (Phi) is 5.29. The van der Waals surface area contributed by atoms with Gasteiger partial charge in [-0.1, -0.05) is 25.1 Å². The van der Waals surface area contributed by atoms with Crippen molar-refractivity contribution in [1.29, 1.82) is 0 Å². The van der Waals surface area contributed by atoms with Crippen LogP contribution in [-0.2, 0) is 16.4 Å².